The van der Waals surface area contributed by atoms with Gasteiger partial charge in [-0.15, -0.1) is 0 Å². The molecular weight excluding hydrogens is 268 g/mol. The van der Waals surface area contributed by atoms with Crippen molar-refractivity contribution in [2.24, 2.45) is 5.73 Å². The molecule has 1 amide bonds. The Kier molecular flexibility index (Phi) is 9.83. The van der Waals surface area contributed by atoms with Crippen LogP contribution < -0.4 is 11.1 Å². The molecule has 0 bridgehead atoms. The van der Waals surface area contributed by atoms with Crippen LogP contribution in [-0.2, 0) is 14.3 Å². The number of ether oxygens (including phenoxy) is 2. The highest BCUT2D eigenvalue weighted by molar-refractivity contribution is 5.77. The van der Waals surface area contributed by atoms with Gasteiger partial charge in [-0.2, -0.15) is 0 Å². The van der Waals surface area contributed by atoms with Gasteiger partial charge in [-0.25, -0.2) is 0 Å². The number of carbonyl (C=O) groups excluding carboxylic acids is 1. The molecule has 0 radical (unpaired) electrons. The van der Waals surface area contributed by atoms with E-state index >= 15 is 0 Å². The predicted octanol–water partition coefficient (Wildman–Crippen LogP) is 2.23. The Bertz CT molecular complexity index is 291. The Morgan fingerprint density at radius 1 is 1.10 bits per heavy atom. The molecule has 0 heterocycles. The number of nitrogens with two attached hydrogens (primary N) is 1. The number of rotatable bonds is 12. The van der Waals surface area contributed by atoms with Gasteiger partial charge in [0.05, 0.1) is 17.8 Å². The van der Waals surface area contributed by atoms with Gasteiger partial charge in [0.2, 0.25) is 5.91 Å². The predicted molar refractivity (Wildman–Crippen MR) is 86.3 cm³/mol. The van der Waals surface area contributed by atoms with Crippen molar-refractivity contribution in [2.45, 2.75) is 71.5 Å². The first-order valence-electron chi connectivity index (χ1n) is 7.97. The topological polar surface area (TPSA) is 73.6 Å². The van der Waals surface area contributed by atoms with E-state index in [9.17, 15) is 4.79 Å². The lowest BCUT2D eigenvalue weighted by Crippen LogP contribution is -2.36. The van der Waals surface area contributed by atoms with Crippen molar-refractivity contribution in [3.05, 3.63) is 0 Å². The van der Waals surface area contributed by atoms with Gasteiger partial charge >= 0.3 is 0 Å². The van der Waals surface area contributed by atoms with Gasteiger partial charge in [0.15, 0.2) is 0 Å². The number of hydrogen-bond donors (Lipinski definition) is 2. The third-order valence-electron chi connectivity index (χ3n) is 3.39. The average Bonchev–Trinajstić information content (AvgIpc) is 2.36. The van der Waals surface area contributed by atoms with Crippen LogP contribution >= 0.6 is 0 Å². The van der Waals surface area contributed by atoms with Gasteiger partial charge in [-0.05, 0) is 53.5 Å². The Balaban J connectivity index is 3.90. The molecule has 0 aliphatic carbocycles. The van der Waals surface area contributed by atoms with Gasteiger partial charge in [-0.3, -0.25) is 4.79 Å². The van der Waals surface area contributed by atoms with Crippen LogP contribution in [0.3, 0.4) is 0 Å². The summed E-state index contributed by atoms with van der Waals surface area (Å²) in [6, 6.07) is 0. The van der Waals surface area contributed by atoms with Crippen LogP contribution in [0.4, 0.5) is 0 Å². The maximum absolute atomic E-state index is 11.6. The largest absolute Gasteiger partial charge is 0.375 e. The van der Waals surface area contributed by atoms with E-state index in [4.69, 9.17) is 15.2 Å². The summed E-state index contributed by atoms with van der Waals surface area (Å²) in [5.41, 5.74) is 4.97. The van der Waals surface area contributed by atoms with E-state index in [0.717, 1.165) is 32.2 Å². The third kappa shape index (κ3) is 11.7. The van der Waals surface area contributed by atoms with Crippen molar-refractivity contribution in [1.29, 1.82) is 0 Å². The fraction of sp³-hybridized carbons (Fsp3) is 0.938. The standard InChI is InChI=1S/C16H34N2O3/c1-6-7-11-18-14(19)13-21-16(4,5)9-12-20-15(2,3)8-10-17/h6-13,17H2,1-5H3,(H,18,19). The zero-order valence-corrected chi connectivity index (χ0v) is 14.5. The van der Waals surface area contributed by atoms with Crippen molar-refractivity contribution < 1.29 is 14.3 Å². The maximum atomic E-state index is 11.6. The van der Waals surface area contributed by atoms with E-state index in [2.05, 4.69) is 12.2 Å². The minimum atomic E-state index is -0.374. The second-order valence-electron chi connectivity index (χ2n) is 6.65. The molecule has 0 fully saturated rings. The molecule has 0 saturated carbocycles. The van der Waals surface area contributed by atoms with Crippen LogP contribution in [0, 0.1) is 0 Å². The van der Waals surface area contributed by atoms with Crippen LogP contribution in [-0.4, -0.2) is 43.4 Å². The van der Waals surface area contributed by atoms with Crippen LogP contribution in [0.25, 0.3) is 0 Å². The highest BCUT2D eigenvalue weighted by Gasteiger charge is 2.23. The summed E-state index contributed by atoms with van der Waals surface area (Å²) in [4.78, 5) is 11.6. The molecule has 0 atom stereocenters. The van der Waals surface area contributed by atoms with Crippen LogP contribution in [0.5, 0.6) is 0 Å². The number of carbonyl (C=O) groups is 1. The minimum absolute atomic E-state index is 0.0547. The van der Waals surface area contributed by atoms with Crippen molar-refractivity contribution in [1.82, 2.24) is 5.32 Å². The Morgan fingerprint density at radius 3 is 2.29 bits per heavy atom. The molecule has 21 heavy (non-hydrogen) atoms. The maximum Gasteiger partial charge on any atom is 0.246 e. The van der Waals surface area contributed by atoms with E-state index in [1.807, 2.05) is 27.7 Å². The third-order valence-corrected chi connectivity index (χ3v) is 3.39. The minimum Gasteiger partial charge on any atom is -0.375 e. The number of hydrogen-bond acceptors (Lipinski definition) is 4. The number of nitrogens with one attached hydrogen (secondary N) is 1. The first-order valence-corrected chi connectivity index (χ1v) is 7.97. The Morgan fingerprint density at radius 2 is 1.71 bits per heavy atom. The van der Waals surface area contributed by atoms with Crippen molar-refractivity contribution in [3.8, 4) is 0 Å². The summed E-state index contributed by atoms with van der Waals surface area (Å²) in [5, 5.41) is 2.84. The van der Waals surface area contributed by atoms with Gasteiger partial charge in [0.25, 0.3) is 0 Å². The summed E-state index contributed by atoms with van der Waals surface area (Å²) >= 11 is 0. The average molecular weight is 302 g/mol. The Labute approximate surface area is 129 Å². The van der Waals surface area contributed by atoms with Crippen molar-refractivity contribution >= 4 is 5.91 Å². The molecule has 0 aromatic carbocycles. The molecule has 0 saturated heterocycles. The zero-order chi connectivity index (χ0) is 16.4. The molecule has 0 rings (SSSR count). The molecule has 0 spiro atoms. The molecule has 0 aromatic heterocycles. The summed E-state index contributed by atoms with van der Waals surface area (Å²) < 4.78 is 11.5. The molecule has 0 aromatic rings. The molecule has 0 aliphatic rings. The lowest BCUT2D eigenvalue weighted by atomic mass is 10.0. The summed E-state index contributed by atoms with van der Waals surface area (Å²) in [6.45, 7) is 12.2. The van der Waals surface area contributed by atoms with Crippen LogP contribution in [0.1, 0.15) is 60.3 Å². The molecule has 0 unspecified atom stereocenters. The van der Waals surface area contributed by atoms with E-state index in [-0.39, 0.29) is 23.7 Å². The first kappa shape index (κ1) is 20.3. The molecular formula is C16H34N2O3. The van der Waals surface area contributed by atoms with E-state index in [1.54, 1.807) is 0 Å². The molecule has 126 valence electrons. The highest BCUT2D eigenvalue weighted by atomic mass is 16.5. The Hall–Kier alpha value is -0.650. The lowest BCUT2D eigenvalue weighted by Gasteiger charge is -2.29. The fourth-order valence-electron chi connectivity index (χ4n) is 1.78. The molecule has 0 aliphatic heterocycles. The molecule has 5 heteroatoms. The van der Waals surface area contributed by atoms with Gasteiger partial charge in [-0.1, -0.05) is 13.3 Å². The number of amides is 1. The van der Waals surface area contributed by atoms with E-state index in [1.165, 1.54) is 0 Å². The number of unbranched alkanes of at least 4 members (excludes halogenated alkanes) is 1. The fourth-order valence-corrected chi connectivity index (χ4v) is 1.78. The summed E-state index contributed by atoms with van der Waals surface area (Å²) in [7, 11) is 0. The van der Waals surface area contributed by atoms with E-state index in [0.29, 0.717) is 13.2 Å². The highest BCUT2D eigenvalue weighted by Crippen LogP contribution is 2.18. The van der Waals surface area contributed by atoms with Crippen LogP contribution in [0.15, 0.2) is 0 Å². The van der Waals surface area contributed by atoms with Gasteiger partial charge in [0.1, 0.15) is 6.61 Å². The van der Waals surface area contributed by atoms with Crippen LogP contribution in [0.2, 0.25) is 0 Å². The molecule has 5 nitrogen and oxygen atoms in total. The normalized spacial score (nSPS) is 12.5. The van der Waals surface area contributed by atoms with Crippen molar-refractivity contribution in [2.75, 3.05) is 26.3 Å². The second kappa shape index (κ2) is 10.1. The summed E-state index contributed by atoms with van der Waals surface area (Å²) in [5.74, 6) is -0.0547. The quantitative estimate of drug-likeness (QED) is 0.542. The smallest absolute Gasteiger partial charge is 0.246 e. The lowest BCUT2D eigenvalue weighted by molar-refractivity contribution is -0.133. The SMILES string of the molecule is CCCCNC(=O)COC(C)(C)CCOC(C)(C)CCN. The van der Waals surface area contributed by atoms with E-state index < -0.39 is 0 Å². The molecule has 3 N–H and O–H groups in total. The zero-order valence-electron chi connectivity index (χ0n) is 14.5. The van der Waals surface area contributed by atoms with Gasteiger partial charge in [0, 0.05) is 6.54 Å². The van der Waals surface area contributed by atoms with Crippen molar-refractivity contribution in [3.63, 3.8) is 0 Å². The monoisotopic (exact) mass is 302 g/mol. The summed E-state index contributed by atoms with van der Waals surface area (Å²) in [6.07, 6.45) is 3.64. The van der Waals surface area contributed by atoms with Gasteiger partial charge < -0.3 is 20.5 Å². The first-order chi connectivity index (χ1) is 9.72. The second-order valence-corrected chi connectivity index (χ2v) is 6.65.